The molecule has 1 fully saturated rings. The van der Waals surface area contributed by atoms with Crippen LogP contribution in [0, 0.1) is 6.92 Å². The average Bonchev–Trinajstić information content (AvgIpc) is 3.08. The number of nitrogens with zero attached hydrogens (tertiary/aromatic N) is 3. The van der Waals surface area contributed by atoms with Crippen molar-refractivity contribution >= 4 is 28.2 Å². The van der Waals surface area contributed by atoms with Gasteiger partial charge < -0.3 is 11.1 Å². The first-order valence-electron chi connectivity index (χ1n) is 7.30. The summed E-state index contributed by atoms with van der Waals surface area (Å²) in [5, 5.41) is 4.07. The van der Waals surface area contributed by atoms with E-state index in [0.29, 0.717) is 0 Å². The van der Waals surface area contributed by atoms with Crippen molar-refractivity contribution in [2.24, 2.45) is 5.73 Å². The van der Waals surface area contributed by atoms with Crippen molar-refractivity contribution in [3.63, 3.8) is 0 Å². The van der Waals surface area contributed by atoms with Gasteiger partial charge in [-0.1, -0.05) is 6.07 Å². The molecule has 3 rings (SSSR count). The van der Waals surface area contributed by atoms with Crippen molar-refractivity contribution in [2.45, 2.75) is 25.8 Å². The minimum atomic E-state index is -0.292. The molecule has 7 heteroatoms. The normalized spacial score (nSPS) is 18.5. The number of hydrogen-bond donors (Lipinski definition) is 2. The van der Waals surface area contributed by atoms with Crippen LogP contribution in [0.5, 0.6) is 0 Å². The van der Waals surface area contributed by atoms with Crippen LogP contribution in [-0.2, 0) is 4.79 Å². The van der Waals surface area contributed by atoms with Crippen LogP contribution in [0.2, 0.25) is 0 Å². The van der Waals surface area contributed by atoms with Crippen LogP contribution in [-0.4, -0.2) is 33.9 Å². The summed E-state index contributed by atoms with van der Waals surface area (Å²) in [6, 6.07) is 6.06. The fraction of sp³-hybridized carbons (Fsp3) is 0.400. The number of carbonyl (C=O) groups excluding carboxylic acids is 1. The summed E-state index contributed by atoms with van der Waals surface area (Å²) >= 11 is 1.60. The molecule has 0 aromatic carbocycles. The predicted octanol–water partition coefficient (Wildman–Crippen LogP) is 2.21. The lowest BCUT2D eigenvalue weighted by molar-refractivity contribution is -0.119. The Balaban J connectivity index is 1.77. The number of nitrogens with one attached hydrogen (secondary N) is 1. The van der Waals surface area contributed by atoms with E-state index in [2.05, 4.69) is 20.2 Å². The number of primary amides is 1. The quantitative estimate of drug-likeness (QED) is 0.883. The van der Waals surface area contributed by atoms with E-state index < -0.39 is 0 Å². The molecule has 1 atom stereocenters. The van der Waals surface area contributed by atoms with Gasteiger partial charge in [-0.2, -0.15) is 0 Å². The maximum absolute atomic E-state index is 11.2. The highest BCUT2D eigenvalue weighted by Crippen LogP contribution is 2.31. The lowest BCUT2D eigenvalue weighted by atomic mass is 10.1. The first kappa shape index (κ1) is 14.9. The number of nitrogens with two attached hydrogens (primary N) is 1. The summed E-state index contributed by atoms with van der Waals surface area (Å²) < 4.78 is 0. The first-order chi connectivity index (χ1) is 10.6. The number of pyridine rings is 1. The molecule has 116 valence electrons. The molecule has 0 saturated carbocycles. The molecular formula is C15H19N5OS. The van der Waals surface area contributed by atoms with E-state index >= 15 is 0 Å². The van der Waals surface area contributed by atoms with Gasteiger partial charge in [-0.3, -0.25) is 9.69 Å². The number of aryl methyl sites for hydroxylation is 1. The van der Waals surface area contributed by atoms with Crippen molar-refractivity contribution in [3.8, 4) is 0 Å². The van der Waals surface area contributed by atoms with Gasteiger partial charge in [0.2, 0.25) is 5.91 Å². The fourth-order valence-corrected chi connectivity index (χ4v) is 3.45. The molecule has 3 N–H and O–H groups in total. The number of amides is 1. The lowest BCUT2D eigenvalue weighted by Crippen LogP contribution is -2.33. The molecule has 1 amide bonds. The molecule has 1 aliphatic heterocycles. The Bertz CT molecular complexity index is 671. The smallest absolute Gasteiger partial charge is 0.231 e. The minimum absolute atomic E-state index is 0.160. The van der Waals surface area contributed by atoms with Crippen LogP contribution >= 0.6 is 11.3 Å². The Hall–Kier alpha value is -1.99. The standard InChI is InChI=1S/C15H19N5OS/c1-10-8-17-15(22-10)19-14-6-2-4-11(18-14)12-5-3-7-20(12)9-13(16)21/h2,4,6,8,12H,3,5,7,9H2,1H3,(H2,16,21)(H,17,18,19). The molecule has 22 heavy (non-hydrogen) atoms. The van der Waals surface area contributed by atoms with Crippen molar-refractivity contribution in [2.75, 3.05) is 18.4 Å². The Morgan fingerprint density at radius 1 is 1.55 bits per heavy atom. The van der Waals surface area contributed by atoms with Gasteiger partial charge in [0, 0.05) is 11.1 Å². The van der Waals surface area contributed by atoms with Gasteiger partial charge in [-0.15, -0.1) is 11.3 Å². The van der Waals surface area contributed by atoms with Gasteiger partial charge >= 0.3 is 0 Å². The third-order valence-electron chi connectivity index (χ3n) is 3.69. The molecule has 0 bridgehead atoms. The van der Waals surface area contributed by atoms with Crippen LogP contribution in [0.25, 0.3) is 0 Å². The molecule has 0 spiro atoms. The molecular weight excluding hydrogens is 298 g/mol. The zero-order valence-electron chi connectivity index (χ0n) is 12.5. The van der Waals surface area contributed by atoms with E-state index in [1.807, 2.05) is 31.3 Å². The van der Waals surface area contributed by atoms with E-state index in [4.69, 9.17) is 5.73 Å². The number of hydrogen-bond acceptors (Lipinski definition) is 6. The average molecular weight is 317 g/mol. The highest BCUT2D eigenvalue weighted by molar-refractivity contribution is 7.15. The van der Waals surface area contributed by atoms with E-state index in [1.165, 1.54) is 0 Å². The minimum Gasteiger partial charge on any atom is -0.369 e. The first-order valence-corrected chi connectivity index (χ1v) is 8.12. The van der Waals surface area contributed by atoms with Crippen molar-refractivity contribution in [1.82, 2.24) is 14.9 Å². The van der Waals surface area contributed by atoms with Gasteiger partial charge in [0.05, 0.1) is 18.3 Å². The molecule has 3 heterocycles. The highest BCUT2D eigenvalue weighted by atomic mass is 32.1. The largest absolute Gasteiger partial charge is 0.369 e. The second kappa shape index (κ2) is 6.41. The maximum Gasteiger partial charge on any atom is 0.231 e. The van der Waals surface area contributed by atoms with Crippen LogP contribution in [0.4, 0.5) is 10.9 Å². The van der Waals surface area contributed by atoms with Gasteiger partial charge in [0.25, 0.3) is 0 Å². The topological polar surface area (TPSA) is 84.1 Å². The monoisotopic (exact) mass is 317 g/mol. The summed E-state index contributed by atoms with van der Waals surface area (Å²) in [5.74, 6) is 0.484. The number of thiazole rings is 1. The molecule has 2 aromatic rings. The van der Waals surface area contributed by atoms with Crippen molar-refractivity contribution < 1.29 is 4.79 Å². The second-order valence-electron chi connectivity index (χ2n) is 5.44. The number of rotatable bonds is 5. The zero-order valence-corrected chi connectivity index (χ0v) is 13.3. The number of aromatic nitrogens is 2. The maximum atomic E-state index is 11.2. The van der Waals surface area contributed by atoms with Gasteiger partial charge in [-0.25, -0.2) is 9.97 Å². The summed E-state index contributed by atoms with van der Waals surface area (Å²) in [4.78, 5) is 23.4. The number of likely N-dealkylation sites (tertiary alicyclic amines) is 1. The van der Waals surface area contributed by atoms with E-state index in [9.17, 15) is 4.79 Å². The van der Waals surface area contributed by atoms with Crippen molar-refractivity contribution in [1.29, 1.82) is 0 Å². The molecule has 2 aromatic heterocycles. The lowest BCUT2D eigenvalue weighted by Gasteiger charge is -2.22. The van der Waals surface area contributed by atoms with E-state index in [1.54, 1.807) is 11.3 Å². The van der Waals surface area contributed by atoms with Gasteiger partial charge in [-0.05, 0) is 38.4 Å². The summed E-state index contributed by atoms with van der Waals surface area (Å²) in [6.45, 7) is 3.20. The van der Waals surface area contributed by atoms with Crippen LogP contribution in [0.15, 0.2) is 24.4 Å². The molecule has 1 aliphatic rings. The Kier molecular flexibility index (Phi) is 4.35. The Morgan fingerprint density at radius 3 is 3.14 bits per heavy atom. The predicted molar refractivity (Wildman–Crippen MR) is 87.1 cm³/mol. The molecule has 6 nitrogen and oxygen atoms in total. The molecule has 0 radical (unpaired) electrons. The molecule has 0 aliphatic carbocycles. The summed E-state index contributed by atoms with van der Waals surface area (Å²) in [6.07, 6.45) is 3.89. The Morgan fingerprint density at radius 2 is 2.41 bits per heavy atom. The van der Waals surface area contributed by atoms with E-state index in [-0.39, 0.29) is 18.5 Å². The van der Waals surface area contributed by atoms with E-state index in [0.717, 1.165) is 40.9 Å². The second-order valence-corrected chi connectivity index (χ2v) is 6.68. The summed E-state index contributed by atoms with van der Waals surface area (Å²) in [7, 11) is 0. The number of carbonyl (C=O) groups is 1. The zero-order chi connectivity index (χ0) is 15.5. The fourth-order valence-electron chi connectivity index (χ4n) is 2.78. The van der Waals surface area contributed by atoms with Crippen molar-refractivity contribution in [3.05, 3.63) is 35.0 Å². The SMILES string of the molecule is Cc1cnc(Nc2cccc(C3CCCN3CC(N)=O)n2)s1. The molecule has 1 unspecified atom stereocenters. The van der Waals surface area contributed by atoms with Gasteiger partial charge in [0.1, 0.15) is 5.82 Å². The Labute approximate surface area is 133 Å². The summed E-state index contributed by atoms with van der Waals surface area (Å²) in [5.41, 5.74) is 6.30. The van der Waals surface area contributed by atoms with Crippen LogP contribution in [0.3, 0.4) is 0 Å². The van der Waals surface area contributed by atoms with Gasteiger partial charge in [0.15, 0.2) is 5.13 Å². The molecule has 1 saturated heterocycles. The highest BCUT2D eigenvalue weighted by Gasteiger charge is 2.28. The third kappa shape index (κ3) is 3.42. The van der Waals surface area contributed by atoms with Crippen LogP contribution in [0.1, 0.15) is 29.5 Å². The third-order valence-corrected chi connectivity index (χ3v) is 4.52. The number of anilines is 2. The van der Waals surface area contributed by atoms with Crippen LogP contribution < -0.4 is 11.1 Å².